The van der Waals surface area contributed by atoms with Gasteiger partial charge in [-0.2, -0.15) is 0 Å². The van der Waals surface area contributed by atoms with Crippen LogP contribution in [-0.2, 0) is 17.9 Å². The van der Waals surface area contributed by atoms with Gasteiger partial charge in [0.15, 0.2) is 5.82 Å². The highest BCUT2D eigenvalue weighted by Crippen LogP contribution is 2.26. The van der Waals surface area contributed by atoms with Gasteiger partial charge in [0, 0.05) is 31.7 Å². The molecule has 0 bridgehead atoms. The van der Waals surface area contributed by atoms with Crippen LogP contribution in [0.15, 0.2) is 103 Å². The molecule has 1 aliphatic rings. The Morgan fingerprint density at radius 3 is 1.94 bits per heavy atom. The number of carbonyl (C=O) groups excluding carboxylic acids is 1. The Labute approximate surface area is 207 Å². The first kappa shape index (κ1) is 22.8. The number of amides is 1. The van der Waals surface area contributed by atoms with Crippen molar-refractivity contribution in [1.29, 1.82) is 0 Å². The van der Waals surface area contributed by atoms with Crippen molar-refractivity contribution in [1.82, 2.24) is 15.1 Å². The van der Waals surface area contributed by atoms with Gasteiger partial charge in [-0.05, 0) is 36.1 Å². The molecule has 4 aromatic rings. The van der Waals surface area contributed by atoms with E-state index in [9.17, 15) is 4.79 Å². The van der Waals surface area contributed by atoms with Gasteiger partial charge < -0.3 is 9.80 Å². The van der Waals surface area contributed by atoms with Crippen LogP contribution in [0.25, 0.3) is 11.3 Å². The molecule has 0 radical (unpaired) electrons. The van der Waals surface area contributed by atoms with E-state index >= 15 is 0 Å². The van der Waals surface area contributed by atoms with E-state index in [1.807, 2.05) is 83.8 Å². The van der Waals surface area contributed by atoms with Crippen molar-refractivity contribution in [2.45, 2.75) is 25.9 Å². The third kappa shape index (κ3) is 5.75. The first-order valence-corrected chi connectivity index (χ1v) is 12.3. The number of benzene rings is 3. The summed E-state index contributed by atoms with van der Waals surface area (Å²) in [6, 6.07) is 34.6. The number of hydrogen-bond donors (Lipinski definition) is 0. The van der Waals surface area contributed by atoms with E-state index in [1.165, 1.54) is 0 Å². The summed E-state index contributed by atoms with van der Waals surface area (Å²) in [6.07, 6.45) is 1.86. The highest BCUT2D eigenvalue weighted by molar-refractivity contribution is 5.80. The van der Waals surface area contributed by atoms with Crippen molar-refractivity contribution in [3.05, 3.63) is 114 Å². The molecule has 1 unspecified atom stereocenters. The molecule has 0 saturated carbocycles. The van der Waals surface area contributed by atoms with Crippen molar-refractivity contribution in [2.75, 3.05) is 18.0 Å². The summed E-state index contributed by atoms with van der Waals surface area (Å²) in [5.41, 5.74) is 4.20. The second-order valence-corrected chi connectivity index (χ2v) is 9.09. The van der Waals surface area contributed by atoms with Crippen molar-refractivity contribution < 1.29 is 4.79 Å². The maximum Gasteiger partial charge on any atom is 0.228 e. The topological polar surface area (TPSA) is 49.3 Å². The number of rotatable bonds is 7. The van der Waals surface area contributed by atoms with Crippen molar-refractivity contribution in [2.24, 2.45) is 5.92 Å². The van der Waals surface area contributed by atoms with Crippen LogP contribution in [0.2, 0.25) is 0 Å². The number of piperidine rings is 1. The number of anilines is 1. The molecule has 3 aromatic carbocycles. The third-order valence-corrected chi connectivity index (χ3v) is 6.56. The molecule has 5 rings (SSSR count). The van der Waals surface area contributed by atoms with Crippen LogP contribution in [-0.4, -0.2) is 34.1 Å². The summed E-state index contributed by atoms with van der Waals surface area (Å²) in [7, 11) is 0. The molecule has 1 amide bonds. The standard InChI is InChI=1S/C30H30N4O/c35-30(34(21-24-11-4-1-5-12-24)22-25-13-6-2-7-14-25)27-17-10-20-33(23-27)29-19-18-28(31-32-29)26-15-8-3-9-16-26/h1-9,11-16,18-19,27H,10,17,20-23H2. The zero-order valence-corrected chi connectivity index (χ0v) is 19.8. The van der Waals surface area contributed by atoms with Crippen LogP contribution in [0.1, 0.15) is 24.0 Å². The first-order chi connectivity index (χ1) is 17.3. The Kier molecular flexibility index (Phi) is 7.13. The lowest BCUT2D eigenvalue weighted by molar-refractivity contribution is -0.137. The van der Waals surface area contributed by atoms with Crippen molar-refractivity contribution >= 4 is 11.7 Å². The minimum absolute atomic E-state index is 0.0632. The van der Waals surface area contributed by atoms with Crippen LogP contribution in [0.3, 0.4) is 0 Å². The highest BCUT2D eigenvalue weighted by atomic mass is 16.2. The van der Waals surface area contributed by atoms with Gasteiger partial charge in [-0.15, -0.1) is 10.2 Å². The lowest BCUT2D eigenvalue weighted by Gasteiger charge is -2.35. The lowest BCUT2D eigenvalue weighted by Crippen LogP contribution is -2.44. The fraction of sp³-hybridized carbons (Fsp3) is 0.233. The molecule has 0 aliphatic carbocycles. The number of aromatic nitrogens is 2. The van der Waals surface area contributed by atoms with E-state index in [0.29, 0.717) is 19.6 Å². The van der Waals surface area contributed by atoms with E-state index in [-0.39, 0.29) is 11.8 Å². The van der Waals surface area contributed by atoms with Gasteiger partial charge >= 0.3 is 0 Å². The first-order valence-electron chi connectivity index (χ1n) is 12.3. The average Bonchev–Trinajstić information content (AvgIpc) is 2.94. The minimum Gasteiger partial charge on any atom is -0.354 e. The Morgan fingerprint density at radius 1 is 0.771 bits per heavy atom. The molecular formula is C30H30N4O. The molecule has 35 heavy (non-hydrogen) atoms. The summed E-state index contributed by atoms with van der Waals surface area (Å²) in [5.74, 6) is 0.975. The molecule has 1 fully saturated rings. The van der Waals surface area contributed by atoms with Crippen LogP contribution in [0, 0.1) is 5.92 Å². The Hall–Kier alpha value is -3.99. The summed E-state index contributed by atoms with van der Waals surface area (Å²) >= 11 is 0. The second-order valence-electron chi connectivity index (χ2n) is 9.09. The van der Waals surface area contributed by atoms with Crippen LogP contribution < -0.4 is 4.90 Å². The summed E-state index contributed by atoms with van der Waals surface area (Å²) in [6.45, 7) is 2.77. The zero-order valence-electron chi connectivity index (χ0n) is 19.8. The zero-order chi connectivity index (χ0) is 23.9. The van der Waals surface area contributed by atoms with Gasteiger partial charge in [-0.3, -0.25) is 4.79 Å². The summed E-state index contributed by atoms with van der Waals surface area (Å²) in [5, 5.41) is 8.96. The van der Waals surface area contributed by atoms with Gasteiger partial charge in [-0.1, -0.05) is 91.0 Å². The van der Waals surface area contributed by atoms with E-state index in [4.69, 9.17) is 0 Å². The molecule has 1 aromatic heterocycles. The third-order valence-electron chi connectivity index (χ3n) is 6.56. The van der Waals surface area contributed by atoms with Gasteiger partial charge in [0.05, 0.1) is 11.6 Å². The van der Waals surface area contributed by atoms with Crippen LogP contribution in [0.4, 0.5) is 5.82 Å². The van der Waals surface area contributed by atoms with E-state index in [0.717, 1.165) is 47.6 Å². The molecule has 1 saturated heterocycles. The van der Waals surface area contributed by atoms with Gasteiger partial charge in [0.1, 0.15) is 0 Å². The lowest BCUT2D eigenvalue weighted by atomic mass is 9.96. The molecule has 5 nitrogen and oxygen atoms in total. The molecule has 0 spiro atoms. The number of hydrogen-bond acceptors (Lipinski definition) is 4. The largest absolute Gasteiger partial charge is 0.354 e. The Bertz CT molecular complexity index is 1170. The minimum atomic E-state index is -0.0632. The fourth-order valence-electron chi connectivity index (χ4n) is 4.72. The smallest absolute Gasteiger partial charge is 0.228 e. The van der Waals surface area contributed by atoms with Gasteiger partial charge in [-0.25, -0.2) is 0 Å². The van der Waals surface area contributed by atoms with Crippen molar-refractivity contribution in [3.63, 3.8) is 0 Å². The number of nitrogens with zero attached hydrogens (tertiary/aromatic N) is 4. The van der Waals surface area contributed by atoms with Gasteiger partial charge in [0.2, 0.25) is 5.91 Å². The predicted octanol–water partition coefficient (Wildman–Crippen LogP) is 5.59. The molecule has 5 heteroatoms. The Balaban J connectivity index is 1.31. The Morgan fingerprint density at radius 2 is 1.37 bits per heavy atom. The van der Waals surface area contributed by atoms with Crippen molar-refractivity contribution in [3.8, 4) is 11.3 Å². The van der Waals surface area contributed by atoms with E-state index < -0.39 is 0 Å². The SMILES string of the molecule is O=C(C1CCCN(c2ccc(-c3ccccc3)nn2)C1)N(Cc1ccccc1)Cc1ccccc1. The normalized spacial score (nSPS) is 15.5. The fourth-order valence-corrected chi connectivity index (χ4v) is 4.72. The summed E-state index contributed by atoms with van der Waals surface area (Å²) in [4.78, 5) is 18.0. The van der Waals surface area contributed by atoms with E-state index in [1.54, 1.807) is 0 Å². The number of carbonyl (C=O) groups is 1. The maximum absolute atomic E-state index is 13.8. The maximum atomic E-state index is 13.8. The van der Waals surface area contributed by atoms with Crippen LogP contribution >= 0.6 is 0 Å². The molecule has 1 atom stereocenters. The summed E-state index contributed by atoms with van der Waals surface area (Å²) < 4.78 is 0. The molecule has 1 aliphatic heterocycles. The quantitative estimate of drug-likeness (QED) is 0.359. The molecule has 2 heterocycles. The van der Waals surface area contributed by atoms with Gasteiger partial charge in [0.25, 0.3) is 0 Å². The van der Waals surface area contributed by atoms with Crippen LogP contribution in [0.5, 0.6) is 0 Å². The average molecular weight is 463 g/mol. The second kappa shape index (κ2) is 11.0. The monoisotopic (exact) mass is 462 g/mol. The molecule has 0 N–H and O–H groups in total. The van der Waals surface area contributed by atoms with E-state index in [2.05, 4.69) is 39.4 Å². The predicted molar refractivity (Wildman–Crippen MR) is 140 cm³/mol. The highest BCUT2D eigenvalue weighted by Gasteiger charge is 2.30. The molecule has 176 valence electrons. The molecular weight excluding hydrogens is 432 g/mol.